The monoisotopic (exact) mass is 502 g/mol. The fraction of sp³-hybridized carbons (Fsp3) is 0.571. The Kier molecular flexibility index (Phi) is 10.5. The van der Waals surface area contributed by atoms with E-state index in [9.17, 15) is 19.5 Å². The standard InChI is InChI=1S/C21H31IN2O4/c1-21(2,3)14-19(26)24-17(20(27)28)7-5-13-23-18(25)8-4-6-15-9-11-16(22)12-10-15/h9-12,17H,4-8,13-14H2,1-3H3,(H,23,25)(H,24,26)(H,27,28)/t17-/m0/s1. The first-order valence-corrected chi connectivity index (χ1v) is 10.7. The number of nitrogens with one attached hydrogen (secondary N) is 2. The highest BCUT2D eigenvalue weighted by atomic mass is 127. The summed E-state index contributed by atoms with van der Waals surface area (Å²) in [6.07, 6.45) is 3.12. The molecule has 0 aliphatic rings. The van der Waals surface area contributed by atoms with Crippen LogP contribution in [0, 0.1) is 8.99 Å². The average molecular weight is 502 g/mol. The Morgan fingerprint density at radius 1 is 1.07 bits per heavy atom. The van der Waals surface area contributed by atoms with Gasteiger partial charge in [-0.1, -0.05) is 32.9 Å². The Morgan fingerprint density at radius 3 is 2.29 bits per heavy atom. The summed E-state index contributed by atoms with van der Waals surface area (Å²) in [7, 11) is 0. The summed E-state index contributed by atoms with van der Waals surface area (Å²) < 4.78 is 1.19. The lowest BCUT2D eigenvalue weighted by Gasteiger charge is -2.20. The van der Waals surface area contributed by atoms with Crippen molar-refractivity contribution in [2.75, 3.05) is 6.54 Å². The molecule has 0 fully saturated rings. The van der Waals surface area contributed by atoms with E-state index in [-0.39, 0.29) is 30.1 Å². The fourth-order valence-corrected chi connectivity index (χ4v) is 3.07. The predicted molar refractivity (Wildman–Crippen MR) is 118 cm³/mol. The zero-order valence-corrected chi connectivity index (χ0v) is 19.0. The number of carboxylic acids is 1. The molecule has 2 amide bonds. The van der Waals surface area contributed by atoms with E-state index in [1.165, 1.54) is 9.13 Å². The summed E-state index contributed by atoms with van der Waals surface area (Å²) in [6, 6.07) is 7.32. The van der Waals surface area contributed by atoms with Crippen LogP contribution in [0.4, 0.5) is 0 Å². The van der Waals surface area contributed by atoms with E-state index in [4.69, 9.17) is 0 Å². The number of aliphatic carboxylic acids is 1. The summed E-state index contributed by atoms with van der Waals surface area (Å²) in [5.41, 5.74) is 1.02. The third kappa shape index (κ3) is 11.3. The van der Waals surface area contributed by atoms with E-state index < -0.39 is 12.0 Å². The number of benzene rings is 1. The fourth-order valence-electron chi connectivity index (χ4n) is 2.71. The molecule has 28 heavy (non-hydrogen) atoms. The number of hydrogen-bond acceptors (Lipinski definition) is 3. The minimum Gasteiger partial charge on any atom is -0.480 e. The first-order chi connectivity index (χ1) is 13.1. The molecule has 0 aromatic heterocycles. The first kappa shape index (κ1) is 24.4. The number of amides is 2. The Morgan fingerprint density at radius 2 is 1.71 bits per heavy atom. The Bertz CT molecular complexity index is 653. The van der Waals surface area contributed by atoms with Crippen LogP contribution in [0.2, 0.25) is 0 Å². The zero-order valence-electron chi connectivity index (χ0n) is 16.9. The van der Waals surface area contributed by atoms with Gasteiger partial charge in [-0.3, -0.25) is 9.59 Å². The molecule has 1 aromatic carbocycles. The van der Waals surface area contributed by atoms with Gasteiger partial charge in [0, 0.05) is 23.0 Å². The maximum absolute atomic E-state index is 11.9. The van der Waals surface area contributed by atoms with Gasteiger partial charge in [0.15, 0.2) is 0 Å². The molecule has 0 bridgehead atoms. The molecule has 0 aliphatic heterocycles. The maximum atomic E-state index is 11.9. The van der Waals surface area contributed by atoms with Crippen molar-refractivity contribution in [1.82, 2.24) is 10.6 Å². The molecular formula is C21H31IN2O4. The first-order valence-electron chi connectivity index (χ1n) is 9.60. The van der Waals surface area contributed by atoms with E-state index >= 15 is 0 Å². The smallest absolute Gasteiger partial charge is 0.326 e. The Labute approximate surface area is 181 Å². The van der Waals surface area contributed by atoms with E-state index in [1.54, 1.807) is 0 Å². The lowest BCUT2D eigenvalue weighted by Crippen LogP contribution is -2.42. The van der Waals surface area contributed by atoms with Crippen molar-refractivity contribution < 1.29 is 19.5 Å². The van der Waals surface area contributed by atoms with Gasteiger partial charge in [0.2, 0.25) is 11.8 Å². The van der Waals surface area contributed by atoms with Gasteiger partial charge in [-0.25, -0.2) is 4.79 Å². The van der Waals surface area contributed by atoms with Gasteiger partial charge < -0.3 is 15.7 Å². The van der Waals surface area contributed by atoms with Crippen LogP contribution in [0.3, 0.4) is 0 Å². The van der Waals surface area contributed by atoms with Gasteiger partial charge in [0.25, 0.3) is 0 Å². The highest BCUT2D eigenvalue weighted by Crippen LogP contribution is 2.18. The molecule has 0 radical (unpaired) electrons. The van der Waals surface area contributed by atoms with Gasteiger partial charge in [0.1, 0.15) is 6.04 Å². The van der Waals surface area contributed by atoms with Crippen LogP contribution in [0.25, 0.3) is 0 Å². The molecule has 0 saturated carbocycles. The lowest BCUT2D eigenvalue weighted by atomic mass is 9.92. The number of carbonyl (C=O) groups is 3. The third-order valence-corrected chi connectivity index (χ3v) is 4.82. The van der Waals surface area contributed by atoms with Gasteiger partial charge in [0.05, 0.1) is 0 Å². The summed E-state index contributed by atoms with van der Waals surface area (Å²) in [6.45, 7) is 6.18. The molecular weight excluding hydrogens is 471 g/mol. The normalized spacial score (nSPS) is 12.3. The van der Waals surface area contributed by atoms with Crippen LogP contribution in [0.1, 0.15) is 58.4 Å². The molecule has 0 saturated heterocycles. The third-order valence-electron chi connectivity index (χ3n) is 4.10. The number of rotatable bonds is 11. The molecule has 7 heteroatoms. The molecule has 0 aliphatic carbocycles. The van der Waals surface area contributed by atoms with Gasteiger partial charge >= 0.3 is 5.97 Å². The number of carboxylic acid groups (broad SMARTS) is 1. The van der Waals surface area contributed by atoms with Crippen molar-refractivity contribution in [2.24, 2.45) is 5.41 Å². The van der Waals surface area contributed by atoms with E-state index in [2.05, 4.69) is 57.5 Å². The maximum Gasteiger partial charge on any atom is 0.326 e. The van der Waals surface area contributed by atoms with Crippen molar-refractivity contribution in [3.63, 3.8) is 0 Å². The second-order valence-electron chi connectivity index (χ2n) is 8.17. The second-order valence-corrected chi connectivity index (χ2v) is 9.41. The van der Waals surface area contributed by atoms with E-state index in [1.807, 2.05) is 20.8 Å². The Hall–Kier alpha value is -1.64. The van der Waals surface area contributed by atoms with Crippen molar-refractivity contribution in [1.29, 1.82) is 0 Å². The van der Waals surface area contributed by atoms with Crippen LogP contribution in [0.15, 0.2) is 24.3 Å². The van der Waals surface area contributed by atoms with Crippen LogP contribution in [0.5, 0.6) is 0 Å². The quantitative estimate of drug-likeness (QED) is 0.319. The molecule has 1 rings (SSSR count). The van der Waals surface area contributed by atoms with Crippen LogP contribution in [-0.4, -0.2) is 35.5 Å². The van der Waals surface area contributed by atoms with Gasteiger partial charge in [-0.05, 0) is 71.4 Å². The van der Waals surface area contributed by atoms with Crippen molar-refractivity contribution in [3.05, 3.63) is 33.4 Å². The molecule has 156 valence electrons. The van der Waals surface area contributed by atoms with Crippen LogP contribution in [-0.2, 0) is 20.8 Å². The number of halogens is 1. The average Bonchev–Trinajstić information content (AvgIpc) is 2.57. The molecule has 0 heterocycles. The van der Waals surface area contributed by atoms with Crippen LogP contribution < -0.4 is 10.6 Å². The number of aryl methyl sites for hydroxylation is 1. The summed E-state index contributed by atoms with van der Waals surface area (Å²) in [5, 5.41) is 14.7. The van der Waals surface area contributed by atoms with Crippen LogP contribution >= 0.6 is 22.6 Å². The highest BCUT2D eigenvalue weighted by molar-refractivity contribution is 14.1. The predicted octanol–water partition coefficient (Wildman–Crippen LogP) is 3.52. The highest BCUT2D eigenvalue weighted by Gasteiger charge is 2.22. The minimum atomic E-state index is -1.05. The molecule has 3 N–H and O–H groups in total. The lowest BCUT2D eigenvalue weighted by molar-refractivity contribution is -0.142. The second kappa shape index (κ2) is 12.0. The molecule has 1 aromatic rings. The molecule has 0 unspecified atom stereocenters. The minimum absolute atomic E-state index is 0.0332. The van der Waals surface area contributed by atoms with Crippen molar-refractivity contribution in [2.45, 2.75) is 65.3 Å². The summed E-state index contributed by atoms with van der Waals surface area (Å²) >= 11 is 2.26. The molecule has 0 spiro atoms. The SMILES string of the molecule is CC(C)(C)CC(=O)N[C@@H](CCCNC(=O)CCCc1ccc(I)cc1)C(=O)O. The summed E-state index contributed by atoms with van der Waals surface area (Å²) in [4.78, 5) is 35.1. The van der Waals surface area contributed by atoms with E-state index in [0.29, 0.717) is 19.4 Å². The zero-order chi connectivity index (χ0) is 21.2. The Balaban J connectivity index is 2.23. The molecule has 6 nitrogen and oxygen atoms in total. The molecule has 1 atom stereocenters. The van der Waals surface area contributed by atoms with E-state index in [0.717, 1.165) is 12.8 Å². The number of hydrogen-bond donors (Lipinski definition) is 3. The van der Waals surface area contributed by atoms with Gasteiger partial charge in [-0.2, -0.15) is 0 Å². The topological polar surface area (TPSA) is 95.5 Å². The van der Waals surface area contributed by atoms with Gasteiger partial charge in [-0.15, -0.1) is 0 Å². The number of carbonyl (C=O) groups excluding carboxylic acids is 2. The van der Waals surface area contributed by atoms with Crippen molar-refractivity contribution in [3.8, 4) is 0 Å². The summed E-state index contributed by atoms with van der Waals surface area (Å²) in [5.74, 6) is -1.35. The van der Waals surface area contributed by atoms with Crippen molar-refractivity contribution >= 4 is 40.4 Å². The largest absolute Gasteiger partial charge is 0.480 e.